The molecule has 0 saturated heterocycles. The number of rotatable bonds is 5. The standard InChI is InChI=1S/C24H21BrN4O/c1-16-8-13-21(14-17(16)2)29-23(19-9-11-20(25)12-10-19)27-22(28-29)24(30)26-15-18-6-4-3-5-7-18/h3-14H,15H2,1-2H3,(H,26,30). The van der Waals surface area contributed by atoms with Crippen LogP contribution in [0.1, 0.15) is 27.3 Å². The second kappa shape index (κ2) is 8.63. The van der Waals surface area contributed by atoms with E-state index in [9.17, 15) is 4.79 Å². The fourth-order valence-corrected chi connectivity index (χ4v) is 3.35. The number of hydrogen-bond acceptors (Lipinski definition) is 3. The number of benzene rings is 3. The van der Waals surface area contributed by atoms with Gasteiger partial charge < -0.3 is 5.32 Å². The molecule has 150 valence electrons. The molecule has 6 heteroatoms. The number of nitrogens with zero attached hydrogens (tertiary/aromatic N) is 3. The number of aromatic nitrogens is 3. The maximum absolute atomic E-state index is 12.8. The van der Waals surface area contributed by atoms with Gasteiger partial charge in [-0.3, -0.25) is 4.79 Å². The first-order chi connectivity index (χ1) is 14.5. The summed E-state index contributed by atoms with van der Waals surface area (Å²) in [5.74, 6) is 0.456. The molecule has 0 aliphatic rings. The van der Waals surface area contributed by atoms with Crippen molar-refractivity contribution in [2.24, 2.45) is 0 Å². The highest BCUT2D eigenvalue weighted by molar-refractivity contribution is 9.10. The summed E-state index contributed by atoms with van der Waals surface area (Å²) in [5, 5.41) is 7.45. The first kappa shape index (κ1) is 20.0. The Hall–Kier alpha value is -3.25. The third-order valence-electron chi connectivity index (χ3n) is 4.94. The van der Waals surface area contributed by atoms with Gasteiger partial charge >= 0.3 is 0 Å². The smallest absolute Gasteiger partial charge is 0.291 e. The van der Waals surface area contributed by atoms with Crippen LogP contribution in [0.4, 0.5) is 0 Å². The van der Waals surface area contributed by atoms with Crippen molar-refractivity contribution in [3.8, 4) is 17.1 Å². The molecule has 0 atom stereocenters. The van der Waals surface area contributed by atoms with Crippen molar-refractivity contribution in [1.82, 2.24) is 20.1 Å². The van der Waals surface area contributed by atoms with Crippen LogP contribution in [0.2, 0.25) is 0 Å². The van der Waals surface area contributed by atoms with Gasteiger partial charge in [-0.2, -0.15) is 0 Å². The van der Waals surface area contributed by atoms with Gasteiger partial charge in [-0.05, 0) is 54.8 Å². The van der Waals surface area contributed by atoms with E-state index in [0.717, 1.165) is 26.9 Å². The number of hydrogen-bond donors (Lipinski definition) is 1. The molecule has 0 aliphatic carbocycles. The second-order valence-corrected chi connectivity index (χ2v) is 8.03. The molecule has 30 heavy (non-hydrogen) atoms. The predicted molar refractivity (Wildman–Crippen MR) is 122 cm³/mol. The zero-order valence-electron chi connectivity index (χ0n) is 16.8. The third kappa shape index (κ3) is 4.33. The van der Waals surface area contributed by atoms with E-state index in [-0.39, 0.29) is 11.7 Å². The maximum Gasteiger partial charge on any atom is 0.291 e. The quantitative estimate of drug-likeness (QED) is 0.442. The van der Waals surface area contributed by atoms with Crippen molar-refractivity contribution in [1.29, 1.82) is 0 Å². The normalized spacial score (nSPS) is 10.8. The Kier molecular flexibility index (Phi) is 5.77. The molecule has 0 fully saturated rings. The van der Waals surface area contributed by atoms with Gasteiger partial charge in [-0.25, -0.2) is 9.67 Å². The number of amides is 1. The molecular formula is C24H21BrN4O. The van der Waals surface area contributed by atoms with Gasteiger partial charge in [0.1, 0.15) is 0 Å². The maximum atomic E-state index is 12.8. The Labute approximate surface area is 183 Å². The highest BCUT2D eigenvalue weighted by Crippen LogP contribution is 2.24. The SMILES string of the molecule is Cc1ccc(-n2nc(C(=O)NCc3ccccc3)nc2-c2ccc(Br)cc2)cc1C. The van der Waals surface area contributed by atoms with E-state index in [1.54, 1.807) is 4.68 Å². The third-order valence-corrected chi connectivity index (χ3v) is 5.47. The van der Waals surface area contributed by atoms with E-state index < -0.39 is 0 Å². The van der Waals surface area contributed by atoms with Crippen molar-refractivity contribution in [3.63, 3.8) is 0 Å². The Morgan fingerprint density at radius 3 is 2.40 bits per heavy atom. The first-order valence-electron chi connectivity index (χ1n) is 9.64. The minimum absolute atomic E-state index is 0.141. The summed E-state index contributed by atoms with van der Waals surface area (Å²) in [6.07, 6.45) is 0. The van der Waals surface area contributed by atoms with Crippen molar-refractivity contribution >= 4 is 21.8 Å². The van der Waals surface area contributed by atoms with E-state index in [1.807, 2.05) is 66.7 Å². The summed E-state index contributed by atoms with van der Waals surface area (Å²) in [5.41, 5.74) is 5.12. The van der Waals surface area contributed by atoms with Crippen molar-refractivity contribution < 1.29 is 4.79 Å². The van der Waals surface area contributed by atoms with Crippen LogP contribution in [0, 0.1) is 13.8 Å². The van der Waals surface area contributed by atoms with Gasteiger partial charge in [-0.1, -0.05) is 64.5 Å². The van der Waals surface area contributed by atoms with Crippen molar-refractivity contribution in [2.75, 3.05) is 0 Å². The van der Waals surface area contributed by atoms with Crippen LogP contribution >= 0.6 is 15.9 Å². The average Bonchev–Trinajstić information content (AvgIpc) is 3.21. The summed E-state index contributed by atoms with van der Waals surface area (Å²) in [6.45, 7) is 4.55. The fourth-order valence-electron chi connectivity index (χ4n) is 3.09. The van der Waals surface area contributed by atoms with Gasteiger partial charge in [-0.15, -0.1) is 5.10 Å². The van der Waals surface area contributed by atoms with Crippen molar-refractivity contribution in [3.05, 3.63) is 99.8 Å². The van der Waals surface area contributed by atoms with Crippen molar-refractivity contribution in [2.45, 2.75) is 20.4 Å². The molecule has 0 spiro atoms. The Bertz CT molecular complexity index is 1180. The fraction of sp³-hybridized carbons (Fsp3) is 0.125. The molecule has 1 N–H and O–H groups in total. The van der Waals surface area contributed by atoms with E-state index in [1.165, 1.54) is 5.56 Å². The number of aryl methyl sites for hydroxylation is 2. The zero-order valence-corrected chi connectivity index (χ0v) is 18.3. The monoisotopic (exact) mass is 460 g/mol. The molecule has 4 rings (SSSR count). The predicted octanol–water partition coefficient (Wildman–Crippen LogP) is 5.24. The molecule has 1 heterocycles. The number of nitrogens with one attached hydrogen (secondary N) is 1. The lowest BCUT2D eigenvalue weighted by atomic mass is 10.1. The Balaban J connectivity index is 1.70. The van der Waals surface area contributed by atoms with Crippen LogP contribution in [0.15, 0.2) is 77.3 Å². The number of carbonyl (C=O) groups is 1. The Morgan fingerprint density at radius 1 is 0.967 bits per heavy atom. The summed E-state index contributed by atoms with van der Waals surface area (Å²) >= 11 is 3.46. The van der Waals surface area contributed by atoms with Crippen LogP contribution in [-0.4, -0.2) is 20.7 Å². The zero-order chi connectivity index (χ0) is 21.1. The molecule has 0 unspecified atom stereocenters. The summed E-state index contributed by atoms with van der Waals surface area (Å²) in [6, 6.07) is 23.7. The van der Waals surface area contributed by atoms with Gasteiger partial charge in [0.2, 0.25) is 5.82 Å². The molecule has 0 saturated carbocycles. The van der Waals surface area contributed by atoms with Gasteiger partial charge in [0.25, 0.3) is 5.91 Å². The second-order valence-electron chi connectivity index (χ2n) is 7.11. The van der Waals surface area contributed by atoms with Gasteiger partial charge in [0, 0.05) is 16.6 Å². The molecule has 0 radical (unpaired) electrons. The number of halogens is 1. The van der Waals surface area contributed by atoms with E-state index in [2.05, 4.69) is 51.2 Å². The van der Waals surface area contributed by atoms with Crippen LogP contribution in [-0.2, 0) is 6.54 Å². The first-order valence-corrected chi connectivity index (χ1v) is 10.4. The molecule has 3 aromatic carbocycles. The lowest BCUT2D eigenvalue weighted by molar-refractivity contribution is 0.0940. The van der Waals surface area contributed by atoms with Crippen LogP contribution in [0.5, 0.6) is 0 Å². The lowest BCUT2D eigenvalue weighted by Crippen LogP contribution is -2.24. The Morgan fingerprint density at radius 2 is 1.70 bits per heavy atom. The summed E-state index contributed by atoms with van der Waals surface area (Å²) < 4.78 is 2.71. The average molecular weight is 461 g/mol. The summed E-state index contributed by atoms with van der Waals surface area (Å²) in [7, 11) is 0. The van der Waals surface area contributed by atoms with E-state index in [4.69, 9.17) is 0 Å². The lowest BCUT2D eigenvalue weighted by Gasteiger charge is -2.08. The highest BCUT2D eigenvalue weighted by atomic mass is 79.9. The van der Waals surface area contributed by atoms with Crippen LogP contribution < -0.4 is 5.32 Å². The molecule has 1 amide bonds. The van der Waals surface area contributed by atoms with Gasteiger partial charge in [0.05, 0.1) is 5.69 Å². The van der Waals surface area contributed by atoms with Gasteiger partial charge in [0.15, 0.2) is 5.82 Å². The van der Waals surface area contributed by atoms with Crippen LogP contribution in [0.25, 0.3) is 17.1 Å². The minimum atomic E-state index is -0.306. The highest BCUT2D eigenvalue weighted by Gasteiger charge is 2.19. The summed E-state index contributed by atoms with van der Waals surface area (Å²) in [4.78, 5) is 17.3. The molecule has 0 aliphatic heterocycles. The minimum Gasteiger partial charge on any atom is -0.345 e. The largest absolute Gasteiger partial charge is 0.345 e. The van der Waals surface area contributed by atoms with Crippen LogP contribution in [0.3, 0.4) is 0 Å². The van der Waals surface area contributed by atoms with E-state index >= 15 is 0 Å². The number of carbonyl (C=O) groups excluding carboxylic acids is 1. The topological polar surface area (TPSA) is 59.8 Å². The molecule has 5 nitrogen and oxygen atoms in total. The molecule has 0 bridgehead atoms. The molecular weight excluding hydrogens is 440 g/mol. The van der Waals surface area contributed by atoms with E-state index in [0.29, 0.717) is 12.4 Å². The molecule has 1 aromatic heterocycles. The molecule has 4 aromatic rings.